The number of nitrogens with one attached hydrogen (secondary N) is 1. The topological polar surface area (TPSA) is 64.6 Å². The highest BCUT2D eigenvalue weighted by atomic mass is 16.7. The lowest BCUT2D eigenvalue weighted by atomic mass is 10.1. The summed E-state index contributed by atoms with van der Waals surface area (Å²) < 4.78 is 5.16. The molecule has 0 atom stereocenters. The molecule has 0 aliphatic carbocycles. The Kier molecular flexibility index (Phi) is 7.35. The lowest BCUT2D eigenvalue weighted by Gasteiger charge is -2.05. The molecule has 0 spiro atoms. The van der Waals surface area contributed by atoms with Crippen LogP contribution >= 0.6 is 0 Å². The van der Waals surface area contributed by atoms with E-state index in [1.165, 1.54) is 19.2 Å². The number of ether oxygens (including phenoxy) is 1. The van der Waals surface area contributed by atoms with Crippen molar-refractivity contribution in [1.82, 2.24) is 5.48 Å². The minimum atomic E-state index is -0.494. The van der Waals surface area contributed by atoms with Crippen LogP contribution in [-0.2, 0) is 9.57 Å². The summed E-state index contributed by atoms with van der Waals surface area (Å²) in [6, 6.07) is 6.18. The number of carbonyl (C=O) groups is 2. The third-order valence-corrected chi connectivity index (χ3v) is 2.78. The summed E-state index contributed by atoms with van der Waals surface area (Å²) in [7, 11) is 1.50. The number of hydroxylamine groups is 1. The molecule has 0 unspecified atom stereocenters. The first-order chi connectivity index (χ1) is 9.69. The SMILES string of the molecule is CCCCCCOC(=O)c1ccc(C(=O)ONC)cc1. The van der Waals surface area contributed by atoms with E-state index in [1.54, 1.807) is 12.1 Å². The maximum atomic E-state index is 11.7. The lowest BCUT2D eigenvalue weighted by Crippen LogP contribution is -2.15. The van der Waals surface area contributed by atoms with Crippen molar-refractivity contribution in [2.75, 3.05) is 13.7 Å². The second kappa shape index (κ2) is 9.09. The van der Waals surface area contributed by atoms with Gasteiger partial charge in [0.25, 0.3) is 0 Å². The Hall–Kier alpha value is -1.88. The Bertz CT molecular complexity index is 428. The molecule has 0 aliphatic heterocycles. The van der Waals surface area contributed by atoms with Gasteiger partial charge in [-0.1, -0.05) is 26.2 Å². The number of benzene rings is 1. The number of esters is 1. The van der Waals surface area contributed by atoms with Crippen molar-refractivity contribution in [3.05, 3.63) is 35.4 Å². The molecular formula is C15H21NO4. The highest BCUT2D eigenvalue weighted by Crippen LogP contribution is 2.08. The maximum absolute atomic E-state index is 11.7. The molecule has 5 heteroatoms. The minimum absolute atomic E-state index is 0.366. The molecule has 0 heterocycles. The summed E-state index contributed by atoms with van der Waals surface area (Å²) in [6.07, 6.45) is 4.25. The molecule has 0 bridgehead atoms. The molecule has 1 aromatic rings. The van der Waals surface area contributed by atoms with Gasteiger partial charge in [-0.2, -0.15) is 5.48 Å². The van der Waals surface area contributed by atoms with E-state index < -0.39 is 5.97 Å². The molecule has 20 heavy (non-hydrogen) atoms. The quantitative estimate of drug-likeness (QED) is 0.450. The highest BCUT2D eigenvalue weighted by Gasteiger charge is 2.10. The maximum Gasteiger partial charge on any atom is 0.356 e. The Morgan fingerprint density at radius 3 is 2.15 bits per heavy atom. The van der Waals surface area contributed by atoms with E-state index in [1.807, 2.05) is 0 Å². The van der Waals surface area contributed by atoms with Crippen molar-refractivity contribution < 1.29 is 19.2 Å². The zero-order valence-corrected chi connectivity index (χ0v) is 12.0. The fourth-order valence-electron chi connectivity index (χ4n) is 1.67. The van der Waals surface area contributed by atoms with Gasteiger partial charge >= 0.3 is 11.9 Å². The summed E-state index contributed by atoms with van der Waals surface area (Å²) in [5.41, 5.74) is 3.11. The van der Waals surface area contributed by atoms with E-state index in [2.05, 4.69) is 17.2 Å². The Balaban J connectivity index is 2.43. The normalized spacial score (nSPS) is 10.1. The predicted molar refractivity (Wildman–Crippen MR) is 75.3 cm³/mol. The fourth-order valence-corrected chi connectivity index (χ4v) is 1.67. The molecule has 1 N–H and O–H groups in total. The highest BCUT2D eigenvalue weighted by molar-refractivity contribution is 5.93. The van der Waals surface area contributed by atoms with Gasteiger partial charge in [-0.25, -0.2) is 9.59 Å². The Morgan fingerprint density at radius 2 is 1.60 bits per heavy atom. The number of hydrogen-bond acceptors (Lipinski definition) is 5. The van der Waals surface area contributed by atoms with Gasteiger partial charge in [0, 0.05) is 7.05 Å². The van der Waals surface area contributed by atoms with Crippen LogP contribution in [0.3, 0.4) is 0 Å². The van der Waals surface area contributed by atoms with Gasteiger partial charge in [0.15, 0.2) is 0 Å². The number of carbonyl (C=O) groups excluding carboxylic acids is 2. The largest absolute Gasteiger partial charge is 0.462 e. The average molecular weight is 279 g/mol. The summed E-state index contributed by atoms with van der Waals surface area (Å²) in [5.74, 6) is -0.859. The van der Waals surface area contributed by atoms with Gasteiger partial charge in [0.1, 0.15) is 0 Å². The number of unbranched alkanes of at least 4 members (excludes halogenated alkanes) is 3. The van der Waals surface area contributed by atoms with Crippen LogP contribution in [0.2, 0.25) is 0 Å². The first-order valence-corrected chi connectivity index (χ1v) is 6.84. The molecule has 5 nitrogen and oxygen atoms in total. The van der Waals surface area contributed by atoms with Crippen LogP contribution in [0, 0.1) is 0 Å². The van der Waals surface area contributed by atoms with Crippen LogP contribution in [0.5, 0.6) is 0 Å². The summed E-state index contributed by atoms with van der Waals surface area (Å²) in [6.45, 7) is 2.56. The second-order valence-corrected chi connectivity index (χ2v) is 4.37. The Labute approximate surface area is 119 Å². The van der Waals surface area contributed by atoms with E-state index >= 15 is 0 Å². The van der Waals surface area contributed by atoms with E-state index in [-0.39, 0.29) is 5.97 Å². The lowest BCUT2D eigenvalue weighted by molar-refractivity contribution is 0.0309. The smallest absolute Gasteiger partial charge is 0.356 e. The second-order valence-electron chi connectivity index (χ2n) is 4.37. The summed E-state index contributed by atoms with van der Waals surface area (Å²) in [5, 5.41) is 0. The molecule has 0 radical (unpaired) electrons. The van der Waals surface area contributed by atoms with Crippen LogP contribution in [0.25, 0.3) is 0 Å². The van der Waals surface area contributed by atoms with Crippen molar-refractivity contribution >= 4 is 11.9 Å². The molecule has 1 rings (SSSR count). The van der Waals surface area contributed by atoms with Crippen LogP contribution in [0.4, 0.5) is 0 Å². The van der Waals surface area contributed by atoms with Gasteiger partial charge < -0.3 is 9.57 Å². The van der Waals surface area contributed by atoms with Crippen molar-refractivity contribution in [2.24, 2.45) is 0 Å². The first-order valence-electron chi connectivity index (χ1n) is 6.84. The first kappa shape index (κ1) is 16.2. The molecule has 0 saturated heterocycles. The third kappa shape index (κ3) is 5.40. The zero-order valence-electron chi connectivity index (χ0n) is 12.0. The number of hydrogen-bond donors (Lipinski definition) is 1. The van der Waals surface area contributed by atoms with Crippen molar-refractivity contribution in [3.63, 3.8) is 0 Å². The van der Waals surface area contributed by atoms with Gasteiger partial charge in [-0.05, 0) is 30.7 Å². The zero-order chi connectivity index (χ0) is 14.8. The molecule has 0 aliphatic rings. The Morgan fingerprint density at radius 1 is 1.00 bits per heavy atom. The summed E-state index contributed by atoms with van der Waals surface area (Å²) in [4.78, 5) is 27.8. The fraction of sp³-hybridized carbons (Fsp3) is 0.467. The average Bonchev–Trinajstić information content (AvgIpc) is 2.47. The van der Waals surface area contributed by atoms with Gasteiger partial charge in [0.05, 0.1) is 17.7 Å². The van der Waals surface area contributed by atoms with Gasteiger partial charge in [-0.3, -0.25) is 0 Å². The van der Waals surface area contributed by atoms with Crippen molar-refractivity contribution in [2.45, 2.75) is 32.6 Å². The van der Waals surface area contributed by atoms with Crippen LogP contribution in [-0.4, -0.2) is 25.6 Å². The van der Waals surface area contributed by atoms with E-state index in [0.29, 0.717) is 17.7 Å². The molecule has 0 saturated carbocycles. The van der Waals surface area contributed by atoms with E-state index in [9.17, 15) is 9.59 Å². The molecule has 0 fully saturated rings. The molecular weight excluding hydrogens is 258 g/mol. The standard InChI is InChI=1S/C15H21NO4/c1-3-4-5-6-11-19-14(17)12-7-9-13(10-8-12)15(18)20-16-2/h7-10,16H,3-6,11H2,1-2H3. The monoisotopic (exact) mass is 279 g/mol. The minimum Gasteiger partial charge on any atom is -0.462 e. The molecule has 110 valence electrons. The van der Waals surface area contributed by atoms with Crippen LogP contribution in [0.1, 0.15) is 53.3 Å². The van der Waals surface area contributed by atoms with Crippen LogP contribution in [0.15, 0.2) is 24.3 Å². The number of rotatable bonds is 8. The molecule has 1 aromatic carbocycles. The van der Waals surface area contributed by atoms with E-state index in [0.717, 1.165) is 25.7 Å². The van der Waals surface area contributed by atoms with Gasteiger partial charge in [-0.15, -0.1) is 0 Å². The third-order valence-electron chi connectivity index (χ3n) is 2.78. The van der Waals surface area contributed by atoms with Crippen molar-refractivity contribution in [3.8, 4) is 0 Å². The molecule has 0 amide bonds. The summed E-state index contributed by atoms with van der Waals surface area (Å²) >= 11 is 0. The van der Waals surface area contributed by atoms with Crippen LogP contribution < -0.4 is 5.48 Å². The molecule has 0 aromatic heterocycles. The predicted octanol–water partition coefficient (Wildman–Crippen LogP) is 2.71. The van der Waals surface area contributed by atoms with E-state index in [4.69, 9.17) is 4.74 Å². The van der Waals surface area contributed by atoms with Crippen molar-refractivity contribution in [1.29, 1.82) is 0 Å². The van der Waals surface area contributed by atoms with Gasteiger partial charge in [0.2, 0.25) is 0 Å².